The van der Waals surface area contributed by atoms with Gasteiger partial charge in [-0.05, 0) is 56.1 Å². The van der Waals surface area contributed by atoms with Crippen LogP contribution in [0.5, 0.6) is 5.75 Å². The van der Waals surface area contributed by atoms with Crippen LogP contribution in [0.3, 0.4) is 0 Å². The Labute approximate surface area is 217 Å². The number of phenolic OH excluding ortho intramolecular Hbond substituents is 1. The number of fused-ring (bicyclic) bond motifs is 3. The van der Waals surface area contributed by atoms with Crippen molar-refractivity contribution in [3.8, 4) is 16.9 Å². The van der Waals surface area contributed by atoms with E-state index >= 15 is 0 Å². The summed E-state index contributed by atoms with van der Waals surface area (Å²) in [6, 6.07) is 9.04. The smallest absolute Gasteiger partial charge is 0.255 e. The van der Waals surface area contributed by atoms with Crippen molar-refractivity contribution in [2.75, 3.05) is 14.1 Å². The van der Waals surface area contributed by atoms with Crippen LogP contribution in [0, 0.1) is 11.8 Å². The average Bonchev–Trinajstić information content (AvgIpc) is 2.82. The molecule has 37 heavy (non-hydrogen) atoms. The number of ketones is 2. The number of aromatic hydroxyl groups is 1. The molecule has 3 aliphatic carbocycles. The van der Waals surface area contributed by atoms with Crippen molar-refractivity contribution in [2.45, 2.75) is 24.5 Å². The lowest BCUT2D eigenvalue weighted by molar-refractivity contribution is -0.148. The summed E-state index contributed by atoms with van der Waals surface area (Å²) < 4.78 is 0. The molecule has 0 heterocycles. The van der Waals surface area contributed by atoms with Gasteiger partial charge in [-0.1, -0.05) is 35.9 Å². The van der Waals surface area contributed by atoms with E-state index in [1.165, 1.54) is 11.0 Å². The summed E-state index contributed by atoms with van der Waals surface area (Å²) in [4.78, 5) is 40.7. The van der Waals surface area contributed by atoms with Crippen molar-refractivity contribution in [2.24, 2.45) is 17.6 Å². The Morgan fingerprint density at radius 1 is 1.08 bits per heavy atom. The molecule has 2 aromatic rings. The number of phenols is 1. The zero-order valence-corrected chi connectivity index (χ0v) is 20.8. The third kappa shape index (κ3) is 3.34. The molecular weight excluding hydrogens is 500 g/mol. The van der Waals surface area contributed by atoms with Crippen LogP contribution in [0.1, 0.15) is 22.3 Å². The monoisotopic (exact) mass is 524 g/mol. The van der Waals surface area contributed by atoms with Crippen LogP contribution in [0.4, 0.5) is 0 Å². The van der Waals surface area contributed by atoms with Gasteiger partial charge in [0.1, 0.15) is 22.8 Å². The predicted octanol–water partition coefficient (Wildman–Crippen LogP) is 2.44. The number of benzene rings is 2. The molecule has 0 unspecified atom stereocenters. The van der Waals surface area contributed by atoms with Gasteiger partial charge in [0, 0.05) is 22.1 Å². The van der Waals surface area contributed by atoms with E-state index in [2.05, 4.69) is 0 Å². The number of Topliss-reactive ketones (excluding diaryl/α,β-unsaturated/α-hetero) is 2. The fourth-order valence-corrected chi connectivity index (χ4v) is 6.42. The molecule has 9 nitrogen and oxygen atoms in total. The number of hydrogen-bond acceptors (Lipinski definition) is 8. The van der Waals surface area contributed by atoms with Gasteiger partial charge in [-0.2, -0.15) is 0 Å². The summed E-state index contributed by atoms with van der Waals surface area (Å²) >= 11 is 6.43. The quantitative estimate of drug-likeness (QED) is 0.382. The van der Waals surface area contributed by atoms with Crippen LogP contribution in [0.25, 0.3) is 11.1 Å². The van der Waals surface area contributed by atoms with Crippen LogP contribution < -0.4 is 5.73 Å². The number of nitrogens with zero attached hydrogens (tertiary/aromatic N) is 1. The molecule has 6 N–H and O–H groups in total. The second kappa shape index (κ2) is 8.44. The molecule has 192 valence electrons. The first-order valence-electron chi connectivity index (χ1n) is 11.7. The standard InChI is InChI=1S/C27H25ClN2O7/c1-30(2)21-15-10-11-9-14-12(13-5-3-4-6-16(13)28)7-8-17(31)19(14)22(32)18(11)24(34)27(15,37)25(35)20(23(21)33)26(29)36/h3-8,11,15,21,31,33-34,37H,9-10H2,1-2H3,(H2,29,36)/t11-,15-,21+,27+/m0/s1. The van der Waals surface area contributed by atoms with Gasteiger partial charge in [0.25, 0.3) is 5.91 Å². The zero-order chi connectivity index (χ0) is 27.0. The summed E-state index contributed by atoms with van der Waals surface area (Å²) in [5.41, 5.74) is 3.39. The van der Waals surface area contributed by atoms with Crippen molar-refractivity contribution in [3.05, 3.63) is 75.2 Å². The maximum absolute atomic E-state index is 13.8. The number of aliphatic hydroxyl groups excluding tert-OH is 2. The SMILES string of the molecule is CN(C)[C@H]1C(O)=C(C(N)=O)C(=O)[C@]2(O)C(O)=C3C(=O)c4c(O)ccc(-c5ccccc5Cl)c4C[C@H]3C[C@@H]12. The molecule has 1 amide bonds. The molecule has 0 saturated carbocycles. The van der Waals surface area contributed by atoms with Crippen molar-refractivity contribution >= 4 is 29.1 Å². The van der Waals surface area contributed by atoms with Gasteiger partial charge in [0.15, 0.2) is 11.4 Å². The van der Waals surface area contributed by atoms with E-state index in [0.29, 0.717) is 21.7 Å². The number of allylic oxidation sites excluding steroid dienone is 1. The van der Waals surface area contributed by atoms with Crippen molar-refractivity contribution in [1.82, 2.24) is 4.90 Å². The minimum absolute atomic E-state index is 0.0172. The Bertz CT molecular complexity index is 1460. The number of carbonyl (C=O) groups excluding carboxylic acids is 3. The van der Waals surface area contributed by atoms with Gasteiger partial charge in [-0.15, -0.1) is 0 Å². The van der Waals surface area contributed by atoms with Gasteiger partial charge < -0.3 is 26.2 Å². The van der Waals surface area contributed by atoms with Crippen LogP contribution in [-0.4, -0.2) is 68.5 Å². The molecule has 0 fully saturated rings. The summed E-state index contributed by atoms with van der Waals surface area (Å²) in [5.74, 6) is -6.83. The minimum atomic E-state index is -2.67. The third-order valence-corrected chi connectivity index (χ3v) is 8.10. The lowest BCUT2D eigenvalue weighted by atomic mass is 9.58. The molecule has 0 bridgehead atoms. The van der Waals surface area contributed by atoms with Crippen molar-refractivity contribution in [3.63, 3.8) is 0 Å². The summed E-state index contributed by atoms with van der Waals surface area (Å²) in [6.07, 6.45) is 0.201. The molecule has 2 aromatic carbocycles. The van der Waals surface area contributed by atoms with Gasteiger partial charge >= 0.3 is 0 Å². The van der Waals surface area contributed by atoms with Crippen LogP contribution in [-0.2, 0) is 16.0 Å². The maximum atomic E-state index is 13.8. The van der Waals surface area contributed by atoms with E-state index in [1.807, 2.05) is 0 Å². The second-order valence-electron chi connectivity index (χ2n) is 9.93. The fourth-order valence-electron chi connectivity index (χ4n) is 6.18. The van der Waals surface area contributed by atoms with Crippen molar-refractivity contribution < 1.29 is 34.8 Å². The van der Waals surface area contributed by atoms with E-state index in [-0.39, 0.29) is 29.7 Å². The Hall–Kier alpha value is -3.66. The van der Waals surface area contributed by atoms with E-state index in [1.54, 1.807) is 44.4 Å². The lowest BCUT2D eigenvalue weighted by Gasteiger charge is -2.50. The lowest BCUT2D eigenvalue weighted by Crippen LogP contribution is -2.63. The van der Waals surface area contributed by atoms with E-state index in [0.717, 1.165) is 0 Å². The summed E-state index contributed by atoms with van der Waals surface area (Å²) in [6.45, 7) is 0. The first kappa shape index (κ1) is 25.0. The predicted molar refractivity (Wildman–Crippen MR) is 134 cm³/mol. The Kier molecular flexibility index (Phi) is 5.71. The maximum Gasteiger partial charge on any atom is 0.255 e. The number of carbonyl (C=O) groups is 3. The second-order valence-corrected chi connectivity index (χ2v) is 10.3. The normalized spacial score (nSPS) is 27.2. The number of hydrogen-bond donors (Lipinski definition) is 5. The zero-order valence-electron chi connectivity index (χ0n) is 20.0. The van der Waals surface area contributed by atoms with E-state index in [9.17, 15) is 34.8 Å². The van der Waals surface area contributed by atoms with Crippen LogP contribution >= 0.6 is 11.6 Å². The number of primary amides is 1. The number of halogens is 1. The topological polar surface area (TPSA) is 161 Å². The number of rotatable bonds is 3. The molecule has 10 heteroatoms. The van der Waals surface area contributed by atoms with Crippen molar-refractivity contribution in [1.29, 1.82) is 0 Å². The molecule has 0 aliphatic heterocycles. The average molecular weight is 525 g/mol. The number of nitrogens with two attached hydrogens (primary N) is 1. The molecule has 3 aliphatic rings. The number of likely N-dealkylation sites (N-methyl/N-ethyl adjacent to an activating group) is 1. The molecule has 0 aromatic heterocycles. The summed E-state index contributed by atoms with van der Waals surface area (Å²) in [5, 5.41) is 44.9. The molecule has 4 atom stereocenters. The fraction of sp³-hybridized carbons (Fsp3) is 0.296. The molecule has 0 spiro atoms. The largest absolute Gasteiger partial charge is 0.510 e. The van der Waals surface area contributed by atoms with Gasteiger partial charge in [-0.25, -0.2) is 0 Å². The highest BCUT2D eigenvalue weighted by Crippen LogP contribution is 2.53. The number of amides is 1. The Morgan fingerprint density at radius 2 is 1.76 bits per heavy atom. The third-order valence-electron chi connectivity index (χ3n) is 7.77. The highest BCUT2D eigenvalue weighted by Gasteiger charge is 2.63. The first-order chi connectivity index (χ1) is 17.4. The first-order valence-corrected chi connectivity index (χ1v) is 12.0. The minimum Gasteiger partial charge on any atom is -0.510 e. The van der Waals surface area contributed by atoms with Crippen LogP contribution in [0.15, 0.2) is 59.1 Å². The highest BCUT2D eigenvalue weighted by atomic mass is 35.5. The molecule has 0 saturated heterocycles. The van der Waals surface area contributed by atoms with Gasteiger partial charge in [0.2, 0.25) is 5.78 Å². The Balaban J connectivity index is 1.74. The number of aliphatic hydroxyl groups is 3. The molecule has 0 radical (unpaired) electrons. The van der Waals surface area contributed by atoms with E-state index < -0.39 is 58.0 Å². The Morgan fingerprint density at radius 3 is 2.38 bits per heavy atom. The van der Waals surface area contributed by atoms with Crippen LogP contribution in [0.2, 0.25) is 5.02 Å². The highest BCUT2D eigenvalue weighted by molar-refractivity contribution is 6.33. The van der Waals surface area contributed by atoms with Gasteiger partial charge in [-0.3, -0.25) is 19.3 Å². The summed E-state index contributed by atoms with van der Waals surface area (Å²) in [7, 11) is 3.17. The molecular formula is C27H25ClN2O7. The molecule has 5 rings (SSSR count). The van der Waals surface area contributed by atoms with E-state index in [4.69, 9.17) is 17.3 Å². The van der Waals surface area contributed by atoms with Gasteiger partial charge in [0.05, 0.1) is 11.6 Å².